The third kappa shape index (κ3) is 5.83. The summed E-state index contributed by atoms with van der Waals surface area (Å²) in [4.78, 5) is 26.0. The number of nitrogens with zero attached hydrogens (tertiary/aromatic N) is 4. The summed E-state index contributed by atoms with van der Waals surface area (Å²) in [5, 5.41) is 9.85. The van der Waals surface area contributed by atoms with E-state index in [0.29, 0.717) is 25.2 Å². The zero-order valence-electron chi connectivity index (χ0n) is 20.3. The van der Waals surface area contributed by atoms with Gasteiger partial charge in [0, 0.05) is 49.7 Å². The number of rotatable bonds is 7. The molecule has 0 unspecified atom stereocenters. The molecule has 0 bridgehead atoms. The van der Waals surface area contributed by atoms with Gasteiger partial charge in [0.05, 0.1) is 12.6 Å². The minimum atomic E-state index is -0.349. The summed E-state index contributed by atoms with van der Waals surface area (Å²) in [5.74, 6) is -0.201. The third-order valence-corrected chi connectivity index (χ3v) is 6.39. The average molecular weight is 479 g/mol. The van der Waals surface area contributed by atoms with Crippen LogP contribution in [0.3, 0.4) is 0 Å². The molecule has 1 N–H and O–H groups in total. The van der Waals surface area contributed by atoms with Crippen LogP contribution >= 0.6 is 0 Å². The van der Waals surface area contributed by atoms with Crippen molar-refractivity contribution >= 4 is 5.91 Å². The maximum absolute atomic E-state index is 13.6. The van der Waals surface area contributed by atoms with Gasteiger partial charge in [-0.2, -0.15) is 0 Å². The molecule has 0 saturated carbocycles. The van der Waals surface area contributed by atoms with Crippen molar-refractivity contribution in [2.24, 2.45) is 5.92 Å². The van der Waals surface area contributed by atoms with Gasteiger partial charge in [-0.3, -0.25) is 14.7 Å². The van der Waals surface area contributed by atoms with Gasteiger partial charge in [0.15, 0.2) is 0 Å². The smallest absolute Gasteiger partial charge is 0.259 e. The number of carbonyl (C=O) groups excluding carboxylic acids is 1. The Morgan fingerprint density at radius 3 is 2.60 bits per heavy atom. The van der Waals surface area contributed by atoms with E-state index in [1.807, 2.05) is 33.0 Å². The number of pyridine rings is 2. The molecule has 1 aliphatic heterocycles. The van der Waals surface area contributed by atoms with E-state index in [1.165, 1.54) is 12.1 Å². The molecule has 0 saturated heterocycles. The van der Waals surface area contributed by atoms with E-state index in [0.717, 1.165) is 16.7 Å². The van der Waals surface area contributed by atoms with Crippen molar-refractivity contribution in [3.63, 3.8) is 0 Å². The summed E-state index contributed by atoms with van der Waals surface area (Å²) in [6.45, 7) is 5.39. The molecule has 0 radical (unpaired) electrons. The molecule has 3 heterocycles. The van der Waals surface area contributed by atoms with Crippen LogP contribution in [0.25, 0.3) is 11.1 Å². The Balaban J connectivity index is 1.63. The first-order valence-electron chi connectivity index (χ1n) is 11.8. The highest BCUT2D eigenvalue weighted by molar-refractivity contribution is 5.98. The number of halogens is 1. The van der Waals surface area contributed by atoms with Crippen LogP contribution in [-0.4, -0.2) is 69.7 Å². The zero-order valence-corrected chi connectivity index (χ0v) is 20.3. The lowest BCUT2D eigenvalue weighted by atomic mass is 9.99. The van der Waals surface area contributed by atoms with E-state index < -0.39 is 0 Å². The van der Waals surface area contributed by atoms with Crippen molar-refractivity contribution in [1.29, 1.82) is 0 Å². The molecule has 4 rings (SSSR count). The van der Waals surface area contributed by atoms with Crippen molar-refractivity contribution in [3.05, 3.63) is 78.0 Å². The molecule has 0 spiro atoms. The molecule has 2 aromatic heterocycles. The van der Waals surface area contributed by atoms with Gasteiger partial charge in [0.25, 0.3) is 5.91 Å². The number of ether oxygens (including phenoxy) is 1. The minimum absolute atomic E-state index is 0.0153. The number of likely N-dealkylation sites (N-methyl/N-ethyl adjacent to an activating group) is 1. The van der Waals surface area contributed by atoms with Gasteiger partial charge in [0.1, 0.15) is 17.5 Å². The van der Waals surface area contributed by atoms with Crippen LogP contribution < -0.4 is 4.74 Å². The first-order chi connectivity index (χ1) is 16.9. The molecule has 35 heavy (non-hydrogen) atoms. The van der Waals surface area contributed by atoms with Gasteiger partial charge in [-0.05, 0) is 55.4 Å². The highest BCUT2D eigenvalue weighted by Crippen LogP contribution is 2.30. The fourth-order valence-electron chi connectivity index (χ4n) is 4.30. The second-order valence-corrected chi connectivity index (χ2v) is 9.26. The van der Waals surface area contributed by atoms with E-state index >= 15 is 0 Å². The second-order valence-electron chi connectivity index (χ2n) is 9.26. The molecule has 0 aliphatic carbocycles. The minimum Gasteiger partial charge on any atom is -0.472 e. The third-order valence-electron chi connectivity index (χ3n) is 6.39. The Morgan fingerprint density at radius 1 is 1.20 bits per heavy atom. The molecule has 184 valence electrons. The second kappa shape index (κ2) is 10.9. The Kier molecular flexibility index (Phi) is 7.73. The molecule has 8 heteroatoms. The van der Waals surface area contributed by atoms with Gasteiger partial charge in [-0.1, -0.05) is 19.1 Å². The van der Waals surface area contributed by atoms with Crippen molar-refractivity contribution in [2.45, 2.75) is 32.5 Å². The van der Waals surface area contributed by atoms with Crippen LogP contribution in [0.4, 0.5) is 4.39 Å². The van der Waals surface area contributed by atoms with Crippen LogP contribution in [0.2, 0.25) is 0 Å². The Labute approximate surface area is 205 Å². The number of aliphatic hydroxyl groups excluding tert-OH is 1. The lowest BCUT2D eigenvalue weighted by Crippen LogP contribution is -2.49. The van der Waals surface area contributed by atoms with E-state index in [-0.39, 0.29) is 42.3 Å². The quantitative estimate of drug-likeness (QED) is 0.559. The van der Waals surface area contributed by atoms with E-state index in [2.05, 4.69) is 14.9 Å². The number of aromatic nitrogens is 2. The van der Waals surface area contributed by atoms with Crippen LogP contribution in [-0.2, 0) is 6.54 Å². The number of aliphatic hydroxyl groups is 1. The molecule has 1 aromatic carbocycles. The number of fused-ring (bicyclic) bond motifs is 1. The van der Waals surface area contributed by atoms with Crippen molar-refractivity contribution in [2.75, 3.05) is 26.7 Å². The monoisotopic (exact) mass is 478 g/mol. The Bertz CT molecular complexity index is 1140. The van der Waals surface area contributed by atoms with Crippen LogP contribution in [0.5, 0.6) is 5.88 Å². The lowest BCUT2D eigenvalue weighted by Gasteiger charge is -2.37. The molecule has 3 atom stereocenters. The predicted molar refractivity (Wildman–Crippen MR) is 131 cm³/mol. The molecule has 3 aromatic rings. The topological polar surface area (TPSA) is 78.8 Å². The zero-order chi connectivity index (χ0) is 24.9. The standard InChI is InChI=1S/C27H31FN4O3/c1-18-14-32(19(2)17-33)27(34)24-12-22(21-8-10-29-11-9-21)13-30-26(24)35-25(18)16-31(3)15-20-4-6-23(28)7-5-20/h4-13,18-19,25,33H,14-17H2,1-3H3/t18-,19-,25+/m0/s1. The number of hydrogen-bond donors (Lipinski definition) is 1. The molecule has 7 nitrogen and oxygen atoms in total. The van der Waals surface area contributed by atoms with E-state index in [1.54, 1.807) is 41.7 Å². The summed E-state index contributed by atoms with van der Waals surface area (Å²) in [7, 11) is 1.98. The van der Waals surface area contributed by atoms with Gasteiger partial charge >= 0.3 is 0 Å². The van der Waals surface area contributed by atoms with E-state index in [9.17, 15) is 14.3 Å². The maximum Gasteiger partial charge on any atom is 0.259 e. The van der Waals surface area contributed by atoms with Crippen LogP contribution in [0.15, 0.2) is 61.1 Å². The Morgan fingerprint density at radius 2 is 1.91 bits per heavy atom. The van der Waals surface area contributed by atoms with Gasteiger partial charge in [-0.25, -0.2) is 9.37 Å². The number of benzene rings is 1. The van der Waals surface area contributed by atoms with Crippen LogP contribution in [0, 0.1) is 11.7 Å². The maximum atomic E-state index is 13.6. The summed E-state index contributed by atoms with van der Waals surface area (Å²) in [5.41, 5.74) is 3.06. The average Bonchev–Trinajstić information content (AvgIpc) is 2.87. The molecule has 1 aliphatic rings. The summed E-state index contributed by atoms with van der Waals surface area (Å²) < 4.78 is 19.6. The van der Waals surface area contributed by atoms with Crippen LogP contribution in [0.1, 0.15) is 29.8 Å². The molecule has 0 fully saturated rings. The van der Waals surface area contributed by atoms with Crippen molar-refractivity contribution in [1.82, 2.24) is 19.8 Å². The van der Waals surface area contributed by atoms with Gasteiger partial charge in [0.2, 0.25) is 5.88 Å². The van der Waals surface area contributed by atoms with Gasteiger partial charge in [-0.15, -0.1) is 0 Å². The number of amides is 1. The SMILES string of the molecule is C[C@H]1CN([C@@H](C)CO)C(=O)c2cc(-c3ccncc3)cnc2O[C@@H]1CN(C)Cc1ccc(F)cc1. The van der Waals surface area contributed by atoms with Crippen molar-refractivity contribution in [3.8, 4) is 17.0 Å². The molecule has 1 amide bonds. The van der Waals surface area contributed by atoms with Gasteiger partial charge < -0.3 is 14.7 Å². The largest absolute Gasteiger partial charge is 0.472 e. The predicted octanol–water partition coefficient (Wildman–Crippen LogP) is 3.63. The summed E-state index contributed by atoms with van der Waals surface area (Å²) in [6, 6.07) is 11.6. The Hall–Kier alpha value is -3.36. The summed E-state index contributed by atoms with van der Waals surface area (Å²) >= 11 is 0. The van der Waals surface area contributed by atoms with Crippen molar-refractivity contribution < 1.29 is 19.0 Å². The molecular weight excluding hydrogens is 447 g/mol. The first kappa shape index (κ1) is 24.8. The fraction of sp³-hybridized carbons (Fsp3) is 0.370. The van der Waals surface area contributed by atoms with E-state index in [4.69, 9.17) is 4.74 Å². The number of hydrogen-bond acceptors (Lipinski definition) is 6. The highest BCUT2D eigenvalue weighted by Gasteiger charge is 2.34. The first-order valence-corrected chi connectivity index (χ1v) is 11.8. The normalized spacial score (nSPS) is 19.0. The lowest BCUT2D eigenvalue weighted by molar-refractivity contribution is 0.0325. The number of carbonyl (C=O) groups is 1. The highest BCUT2D eigenvalue weighted by atomic mass is 19.1. The molecular formula is C27H31FN4O3. The summed E-state index contributed by atoms with van der Waals surface area (Å²) in [6.07, 6.45) is 4.84. The fourth-order valence-corrected chi connectivity index (χ4v) is 4.30.